The molecule has 1 heterocycles. The molecule has 0 aliphatic rings. The van der Waals surface area contributed by atoms with Crippen LogP contribution in [-0.2, 0) is 0 Å². The van der Waals surface area contributed by atoms with Crippen molar-refractivity contribution in [2.45, 2.75) is 27.2 Å². The number of anilines is 2. The first-order valence-electron chi connectivity index (χ1n) is 6.61. The minimum Gasteiger partial charge on any atom is -0.244 e. The number of hydrogen-bond acceptors (Lipinski definition) is 4. The topological polar surface area (TPSA) is 41.0 Å². The second-order valence-corrected chi connectivity index (χ2v) is 4.53. The van der Waals surface area contributed by atoms with Gasteiger partial charge in [-0.2, -0.15) is 0 Å². The molecule has 0 unspecified atom stereocenters. The number of rotatable bonds is 5. The normalized spacial score (nSPS) is 10.5. The molecule has 0 radical (unpaired) electrons. The van der Waals surface area contributed by atoms with Crippen LogP contribution in [0.25, 0.3) is 0 Å². The van der Waals surface area contributed by atoms with Crippen LogP contribution in [0.4, 0.5) is 11.6 Å². The first kappa shape index (κ1) is 13.5. The molecule has 0 fully saturated rings. The van der Waals surface area contributed by atoms with E-state index in [0.29, 0.717) is 5.95 Å². The summed E-state index contributed by atoms with van der Waals surface area (Å²) in [5.41, 5.74) is 6.35. The maximum Gasteiger partial charge on any atom is 0.245 e. The lowest BCUT2D eigenvalue weighted by molar-refractivity contribution is 0.670. The molecule has 4 nitrogen and oxygen atoms in total. The quantitative estimate of drug-likeness (QED) is 0.834. The number of nitrogens with one attached hydrogen (secondary N) is 1. The molecule has 100 valence electrons. The number of nitrogens with zero attached hydrogens (tertiary/aromatic N) is 3. The van der Waals surface area contributed by atoms with E-state index in [1.165, 1.54) is 0 Å². The molecule has 0 spiro atoms. The molecule has 0 aliphatic carbocycles. The first-order valence-corrected chi connectivity index (χ1v) is 6.61. The minimum absolute atomic E-state index is 0.692. The molecule has 0 saturated carbocycles. The van der Waals surface area contributed by atoms with E-state index in [1.54, 1.807) is 0 Å². The molecular formula is C15H20N4. The van der Waals surface area contributed by atoms with E-state index in [9.17, 15) is 0 Å². The molecule has 19 heavy (non-hydrogen) atoms. The lowest BCUT2D eigenvalue weighted by Crippen LogP contribution is -2.35. The predicted octanol–water partition coefficient (Wildman–Crippen LogP) is 3.15. The van der Waals surface area contributed by atoms with Crippen molar-refractivity contribution < 1.29 is 0 Å². The van der Waals surface area contributed by atoms with Crippen molar-refractivity contribution >= 4 is 11.6 Å². The average molecular weight is 256 g/mol. The monoisotopic (exact) mass is 256 g/mol. The Morgan fingerprint density at radius 1 is 1.05 bits per heavy atom. The second-order valence-electron chi connectivity index (χ2n) is 4.53. The van der Waals surface area contributed by atoms with Crippen molar-refractivity contribution in [2.24, 2.45) is 0 Å². The Balaban J connectivity index is 2.36. The fourth-order valence-electron chi connectivity index (χ4n) is 1.89. The Morgan fingerprint density at radius 3 is 2.26 bits per heavy atom. The van der Waals surface area contributed by atoms with E-state index >= 15 is 0 Å². The van der Waals surface area contributed by atoms with Crippen molar-refractivity contribution in [3.05, 3.63) is 47.8 Å². The summed E-state index contributed by atoms with van der Waals surface area (Å²) in [7, 11) is 0. The Kier molecular flexibility index (Phi) is 4.47. The van der Waals surface area contributed by atoms with Gasteiger partial charge in [-0.15, -0.1) is 0 Å². The standard InChI is InChI=1S/C15H20N4/c1-4-10-16-19(14-8-6-5-7-9-14)15-17-12(2)11-13(3)18-15/h5-9,11,16H,4,10H2,1-3H3. The van der Waals surface area contributed by atoms with E-state index < -0.39 is 0 Å². The third kappa shape index (κ3) is 3.51. The second kappa shape index (κ2) is 6.29. The van der Waals surface area contributed by atoms with E-state index in [1.807, 2.05) is 55.3 Å². The zero-order valence-electron chi connectivity index (χ0n) is 11.7. The Hall–Kier alpha value is -1.94. The van der Waals surface area contributed by atoms with Gasteiger partial charge in [-0.3, -0.25) is 0 Å². The maximum absolute atomic E-state index is 4.52. The van der Waals surface area contributed by atoms with Crippen molar-refractivity contribution in [3.63, 3.8) is 0 Å². The zero-order chi connectivity index (χ0) is 13.7. The maximum atomic E-state index is 4.52. The lowest BCUT2D eigenvalue weighted by atomic mass is 10.3. The van der Waals surface area contributed by atoms with Crippen LogP contribution >= 0.6 is 0 Å². The highest BCUT2D eigenvalue weighted by Crippen LogP contribution is 2.19. The molecule has 4 heteroatoms. The molecular weight excluding hydrogens is 236 g/mol. The van der Waals surface area contributed by atoms with Gasteiger partial charge in [0.1, 0.15) is 0 Å². The molecule has 2 aromatic rings. The Labute approximate surface area is 114 Å². The summed E-state index contributed by atoms with van der Waals surface area (Å²) in [6.45, 7) is 6.99. The van der Waals surface area contributed by atoms with E-state index in [-0.39, 0.29) is 0 Å². The van der Waals surface area contributed by atoms with Crippen molar-refractivity contribution in [2.75, 3.05) is 11.6 Å². The highest BCUT2D eigenvalue weighted by atomic mass is 15.5. The summed E-state index contributed by atoms with van der Waals surface area (Å²) in [5, 5.41) is 1.95. The number of aryl methyl sites for hydroxylation is 2. The van der Waals surface area contributed by atoms with Gasteiger partial charge < -0.3 is 0 Å². The van der Waals surface area contributed by atoms with E-state index in [4.69, 9.17) is 0 Å². The van der Waals surface area contributed by atoms with Gasteiger partial charge in [0, 0.05) is 17.9 Å². The number of hydrogen-bond donors (Lipinski definition) is 1. The van der Waals surface area contributed by atoms with E-state index in [2.05, 4.69) is 22.3 Å². The molecule has 1 aromatic carbocycles. The van der Waals surface area contributed by atoms with Crippen LogP contribution in [0.1, 0.15) is 24.7 Å². The van der Waals surface area contributed by atoms with Gasteiger partial charge in [0.15, 0.2) is 0 Å². The molecule has 0 bridgehead atoms. The summed E-state index contributed by atoms with van der Waals surface area (Å²) in [4.78, 5) is 9.03. The molecule has 0 saturated heterocycles. The number of hydrazine groups is 1. The molecule has 2 rings (SSSR count). The molecule has 1 aromatic heterocycles. The fraction of sp³-hybridized carbons (Fsp3) is 0.333. The van der Waals surface area contributed by atoms with Crippen LogP contribution in [-0.4, -0.2) is 16.5 Å². The summed E-state index contributed by atoms with van der Waals surface area (Å²) in [6.07, 6.45) is 1.05. The Morgan fingerprint density at radius 2 is 1.68 bits per heavy atom. The smallest absolute Gasteiger partial charge is 0.244 e. The first-order chi connectivity index (χ1) is 9.20. The van der Waals surface area contributed by atoms with Gasteiger partial charge in [0.2, 0.25) is 5.95 Å². The highest BCUT2D eigenvalue weighted by molar-refractivity contribution is 5.55. The van der Waals surface area contributed by atoms with Crippen LogP contribution < -0.4 is 10.4 Å². The zero-order valence-corrected chi connectivity index (χ0v) is 11.7. The van der Waals surface area contributed by atoms with Gasteiger partial charge in [-0.1, -0.05) is 25.1 Å². The number of para-hydroxylation sites is 1. The van der Waals surface area contributed by atoms with Gasteiger partial charge in [-0.25, -0.2) is 20.4 Å². The van der Waals surface area contributed by atoms with Gasteiger partial charge >= 0.3 is 0 Å². The third-order valence-electron chi connectivity index (χ3n) is 2.70. The predicted molar refractivity (Wildman–Crippen MR) is 78.4 cm³/mol. The third-order valence-corrected chi connectivity index (χ3v) is 2.70. The van der Waals surface area contributed by atoms with Gasteiger partial charge in [-0.05, 0) is 38.5 Å². The molecule has 1 N–H and O–H groups in total. The number of benzene rings is 1. The van der Waals surface area contributed by atoms with Crippen molar-refractivity contribution in [1.82, 2.24) is 15.4 Å². The minimum atomic E-state index is 0.692. The largest absolute Gasteiger partial charge is 0.245 e. The van der Waals surface area contributed by atoms with Crippen LogP contribution in [0, 0.1) is 13.8 Å². The highest BCUT2D eigenvalue weighted by Gasteiger charge is 2.12. The van der Waals surface area contributed by atoms with Crippen molar-refractivity contribution in [3.8, 4) is 0 Å². The van der Waals surface area contributed by atoms with Crippen molar-refractivity contribution in [1.29, 1.82) is 0 Å². The molecule has 0 aliphatic heterocycles. The van der Waals surface area contributed by atoms with E-state index in [0.717, 1.165) is 30.0 Å². The van der Waals surface area contributed by atoms with Crippen LogP contribution in [0.15, 0.2) is 36.4 Å². The van der Waals surface area contributed by atoms with Crippen LogP contribution in [0.3, 0.4) is 0 Å². The van der Waals surface area contributed by atoms with Gasteiger partial charge in [0.25, 0.3) is 0 Å². The average Bonchev–Trinajstić information content (AvgIpc) is 2.39. The SMILES string of the molecule is CCCNN(c1ccccc1)c1nc(C)cc(C)n1. The summed E-state index contributed by atoms with van der Waals surface area (Å²) in [6, 6.07) is 12.1. The summed E-state index contributed by atoms with van der Waals surface area (Å²) >= 11 is 0. The summed E-state index contributed by atoms with van der Waals surface area (Å²) < 4.78 is 0. The summed E-state index contributed by atoms with van der Waals surface area (Å²) in [5.74, 6) is 0.692. The van der Waals surface area contributed by atoms with Crippen LogP contribution in [0.5, 0.6) is 0 Å². The fourth-order valence-corrected chi connectivity index (χ4v) is 1.89. The Bertz CT molecular complexity index is 505. The van der Waals surface area contributed by atoms with Gasteiger partial charge in [0.05, 0.1) is 5.69 Å². The van der Waals surface area contributed by atoms with Crippen LogP contribution in [0.2, 0.25) is 0 Å². The molecule has 0 atom stereocenters. The number of aromatic nitrogens is 2. The lowest BCUT2D eigenvalue weighted by Gasteiger charge is -2.23. The molecule has 0 amide bonds.